The van der Waals surface area contributed by atoms with Crippen LogP contribution >= 0.6 is 15.9 Å². The lowest BCUT2D eigenvalue weighted by Crippen LogP contribution is -2.25. The Bertz CT molecular complexity index is 1250. The van der Waals surface area contributed by atoms with Gasteiger partial charge in [-0.3, -0.25) is 14.8 Å². The average Bonchev–Trinajstić information content (AvgIpc) is 3.28. The first-order valence-corrected chi connectivity index (χ1v) is 10.7. The highest BCUT2D eigenvalue weighted by Crippen LogP contribution is 2.28. The van der Waals surface area contributed by atoms with E-state index in [9.17, 15) is 9.59 Å². The van der Waals surface area contributed by atoms with Gasteiger partial charge in [0, 0.05) is 22.3 Å². The van der Waals surface area contributed by atoms with Crippen molar-refractivity contribution in [2.24, 2.45) is 0 Å². The van der Waals surface area contributed by atoms with Crippen LogP contribution in [0.25, 0.3) is 16.9 Å². The number of nitrogens with zero attached hydrogens (tertiary/aromatic N) is 1. The molecule has 0 bridgehead atoms. The lowest BCUT2D eigenvalue weighted by molar-refractivity contribution is 0.0706. The summed E-state index contributed by atoms with van der Waals surface area (Å²) in [5, 5.41) is 11.7. The summed E-state index contributed by atoms with van der Waals surface area (Å²) >= 11 is 3.51. The molecule has 0 spiro atoms. The number of amides is 2. The van der Waals surface area contributed by atoms with Crippen LogP contribution in [0.15, 0.2) is 95.5 Å². The Kier molecular flexibility index (Phi) is 6.49. The Morgan fingerprint density at radius 3 is 2.28 bits per heavy atom. The summed E-state index contributed by atoms with van der Waals surface area (Å²) < 4.78 is 2.85. The van der Waals surface area contributed by atoms with Crippen LogP contribution in [0.4, 0.5) is 0 Å². The Labute approximate surface area is 193 Å². The maximum Gasteiger partial charge on any atom is 0.274 e. The summed E-state index contributed by atoms with van der Waals surface area (Å²) in [6.45, 7) is 0.296. The van der Waals surface area contributed by atoms with Crippen molar-refractivity contribution in [1.29, 1.82) is 0 Å². The molecular weight excluding hydrogens is 470 g/mol. The number of carbonyl (C=O) groups excluding carboxylic acids is 2. The predicted octanol–water partition coefficient (Wildman–Crippen LogP) is 4.96. The fraction of sp³-hybridized carbons (Fsp3) is 0.0400. The number of benzene rings is 3. The highest BCUT2D eigenvalue weighted by Gasteiger charge is 2.18. The van der Waals surface area contributed by atoms with Crippen LogP contribution in [0.5, 0.6) is 0 Å². The zero-order valence-corrected chi connectivity index (χ0v) is 18.5. The quantitative estimate of drug-likeness (QED) is 0.264. The molecule has 6 nitrogen and oxygen atoms in total. The molecule has 0 saturated heterocycles. The first-order chi connectivity index (χ1) is 15.6. The van der Waals surface area contributed by atoms with E-state index >= 15 is 0 Å². The number of carbonyl (C=O) groups is 2. The first-order valence-electron chi connectivity index (χ1n) is 9.91. The van der Waals surface area contributed by atoms with Crippen LogP contribution in [-0.2, 0) is 6.54 Å². The van der Waals surface area contributed by atoms with Crippen LogP contribution in [-0.4, -0.2) is 21.6 Å². The third kappa shape index (κ3) is 4.64. The van der Waals surface area contributed by atoms with Crippen LogP contribution in [0.1, 0.15) is 26.4 Å². The second-order valence-electron chi connectivity index (χ2n) is 7.11. The van der Waals surface area contributed by atoms with E-state index in [1.54, 1.807) is 29.7 Å². The lowest BCUT2D eigenvalue weighted by atomic mass is 10.1. The van der Waals surface area contributed by atoms with E-state index in [0.717, 1.165) is 27.0 Å². The maximum atomic E-state index is 13.1. The van der Waals surface area contributed by atoms with Gasteiger partial charge in [-0.2, -0.15) is 0 Å². The van der Waals surface area contributed by atoms with E-state index in [4.69, 9.17) is 5.21 Å². The van der Waals surface area contributed by atoms with Gasteiger partial charge in [0.25, 0.3) is 11.8 Å². The van der Waals surface area contributed by atoms with Crippen molar-refractivity contribution >= 4 is 27.7 Å². The SMILES string of the molecule is O=C(NO)c1ccc(CNC(=O)c2ccc(-c3ccccc3)n2-c2cccc(Br)c2)cc1. The van der Waals surface area contributed by atoms with Gasteiger partial charge in [0.15, 0.2) is 0 Å². The largest absolute Gasteiger partial charge is 0.347 e. The number of rotatable bonds is 6. The summed E-state index contributed by atoms with van der Waals surface area (Å²) in [6, 6.07) is 28.1. The van der Waals surface area contributed by atoms with Crippen molar-refractivity contribution in [3.8, 4) is 16.9 Å². The lowest BCUT2D eigenvalue weighted by Gasteiger charge is -2.14. The normalized spacial score (nSPS) is 10.6. The summed E-state index contributed by atoms with van der Waals surface area (Å²) in [7, 11) is 0. The topological polar surface area (TPSA) is 83.4 Å². The molecule has 3 aromatic carbocycles. The fourth-order valence-electron chi connectivity index (χ4n) is 3.45. The van der Waals surface area contributed by atoms with E-state index in [1.807, 2.05) is 71.3 Å². The Balaban J connectivity index is 1.62. The first kappa shape index (κ1) is 21.5. The summed E-state index contributed by atoms with van der Waals surface area (Å²) in [4.78, 5) is 24.6. The zero-order valence-electron chi connectivity index (χ0n) is 17.0. The molecule has 4 aromatic rings. The van der Waals surface area contributed by atoms with E-state index in [-0.39, 0.29) is 5.91 Å². The van der Waals surface area contributed by atoms with Crippen molar-refractivity contribution < 1.29 is 14.8 Å². The van der Waals surface area contributed by atoms with Crippen molar-refractivity contribution in [3.63, 3.8) is 0 Å². The van der Waals surface area contributed by atoms with Crippen LogP contribution in [0.3, 0.4) is 0 Å². The van der Waals surface area contributed by atoms with Crippen molar-refractivity contribution in [2.45, 2.75) is 6.54 Å². The molecule has 32 heavy (non-hydrogen) atoms. The molecule has 2 amide bonds. The van der Waals surface area contributed by atoms with Crippen molar-refractivity contribution in [2.75, 3.05) is 0 Å². The molecule has 3 N–H and O–H groups in total. The van der Waals surface area contributed by atoms with Gasteiger partial charge in [-0.05, 0) is 53.6 Å². The molecule has 0 radical (unpaired) electrons. The zero-order chi connectivity index (χ0) is 22.5. The molecule has 1 aromatic heterocycles. The maximum absolute atomic E-state index is 13.1. The number of aromatic nitrogens is 1. The van der Waals surface area contributed by atoms with Gasteiger partial charge in [-0.15, -0.1) is 0 Å². The number of hydrogen-bond donors (Lipinski definition) is 3. The second kappa shape index (κ2) is 9.64. The molecule has 0 unspecified atom stereocenters. The minimum absolute atomic E-state index is 0.218. The molecule has 1 heterocycles. The molecule has 7 heteroatoms. The summed E-state index contributed by atoms with van der Waals surface area (Å²) in [6.07, 6.45) is 0. The molecule has 4 rings (SSSR count). The fourth-order valence-corrected chi connectivity index (χ4v) is 3.84. The summed E-state index contributed by atoms with van der Waals surface area (Å²) in [5.74, 6) is -0.801. The monoisotopic (exact) mass is 489 g/mol. The molecule has 0 aliphatic carbocycles. The molecule has 0 fully saturated rings. The predicted molar refractivity (Wildman–Crippen MR) is 126 cm³/mol. The minimum Gasteiger partial charge on any atom is -0.347 e. The van der Waals surface area contributed by atoms with Crippen LogP contribution in [0.2, 0.25) is 0 Å². The van der Waals surface area contributed by atoms with E-state index in [2.05, 4.69) is 21.2 Å². The van der Waals surface area contributed by atoms with Gasteiger partial charge < -0.3 is 9.88 Å². The van der Waals surface area contributed by atoms with Gasteiger partial charge in [-0.1, -0.05) is 64.5 Å². The van der Waals surface area contributed by atoms with Crippen LogP contribution in [0, 0.1) is 0 Å². The molecule has 0 saturated carbocycles. The van der Waals surface area contributed by atoms with Crippen molar-refractivity contribution in [3.05, 3.63) is 112 Å². The Hall–Kier alpha value is -3.68. The summed E-state index contributed by atoms with van der Waals surface area (Å²) in [5.41, 5.74) is 6.06. The highest BCUT2D eigenvalue weighted by molar-refractivity contribution is 9.10. The van der Waals surface area contributed by atoms with Gasteiger partial charge in [-0.25, -0.2) is 5.48 Å². The van der Waals surface area contributed by atoms with Crippen molar-refractivity contribution in [1.82, 2.24) is 15.4 Å². The third-order valence-corrected chi connectivity index (χ3v) is 5.51. The van der Waals surface area contributed by atoms with E-state index in [0.29, 0.717) is 17.8 Å². The highest BCUT2D eigenvalue weighted by atomic mass is 79.9. The molecule has 0 aliphatic rings. The molecular formula is C25H20BrN3O3. The molecule has 0 aliphatic heterocycles. The van der Waals surface area contributed by atoms with E-state index < -0.39 is 5.91 Å². The van der Waals surface area contributed by atoms with Crippen LogP contribution < -0.4 is 10.8 Å². The van der Waals surface area contributed by atoms with Gasteiger partial charge in [0.1, 0.15) is 5.69 Å². The standard InChI is InChI=1S/C25H20BrN3O3/c26-20-7-4-8-21(15-20)29-22(18-5-2-1-3-6-18)13-14-23(29)25(31)27-16-17-9-11-19(12-10-17)24(30)28-32/h1-15,32H,16H2,(H,27,31)(H,28,30). The van der Waals surface area contributed by atoms with Gasteiger partial charge in [0.2, 0.25) is 0 Å². The third-order valence-electron chi connectivity index (χ3n) is 5.02. The number of hydrogen-bond acceptors (Lipinski definition) is 3. The minimum atomic E-state index is -0.583. The Morgan fingerprint density at radius 2 is 1.59 bits per heavy atom. The van der Waals surface area contributed by atoms with Gasteiger partial charge >= 0.3 is 0 Å². The smallest absolute Gasteiger partial charge is 0.274 e. The van der Waals surface area contributed by atoms with E-state index in [1.165, 1.54) is 0 Å². The van der Waals surface area contributed by atoms with Gasteiger partial charge in [0.05, 0.1) is 5.69 Å². The number of halogens is 1. The molecule has 160 valence electrons. The Morgan fingerprint density at radius 1 is 0.844 bits per heavy atom. The number of nitrogens with one attached hydrogen (secondary N) is 2. The number of hydroxylamine groups is 1. The molecule has 0 atom stereocenters. The second-order valence-corrected chi connectivity index (χ2v) is 8.02. The average molecular weight is 490 g/mol.